The molecule has 0 aromatic heterocycles. The van der Waals surface area contributed by atoms with Crippen molar-refractivity contribution in [3.05, 3.63) is 65.2 Å². The SMILES string of the molecule is Cc1ccc(OCC(=O)N2CCN(C(=O)c3ccc(F)cc3F)CC2)cc1. The van der Waals surface area contributed by atoms with Crippen LogP contribution in [-0.2, 0) is 4.79 Å². The molecule has 0 unspecified atom stereocenters. The van der Waals surface area contributed by atoms with E-state index in [4.69, 9.17) is 4.74 Å². The second kappa shape index (κ2) is 8.16. The smallest absolute Gasteiger partial charge is 0.260 e. The Kier molecular flexibility index (Phi) is 5.69. The summed E-state index contributed by atoms with van der Waals surface area (Å²) in [6.45, 7) is 3.13. The van der Waals surface area contributed by atoms with Crippen molar-refractivity contribution >= 4 is 11.8 Å². The third-order valence-corrected chi connectivity index (χ3v) is 4.46. The lowest BCUT2D eigenvalue weighted by atomic mass is 10.1. The first kappa shape index (κ1) is 18.8. The molecular formula is C20H20F2N2O3. The molecule has 3 rings (SSSR count). The van der Waals surface area contributed by atoms with E-state index >= 15 is 0 Å². The van der Waals surface area contributed by atoms with Crippen LogP contribution in [0.3, 0.4) is 0 Å². The molecule has 0 aliphatic carbocycles. The standard InChI is InChI=1S/C20H20F2N2O3/c1-14-2-5-16(6-3-14)27-13-19(25)23-8-10-24(11-9-23)20(26)17-7-4-15(21)12-18(17)22/h2-7,12H,8-11,13H2,1H3. The van der Waals surface area contributed by atoms with Gasteiger partial charge in [-0.2, -0.15) is 0 Å². The van der Waals surface area contributed by atoms with Crippen LogP contribution >= 0.6 is 0 Å². The molecule has 0 saturated carbocycles. The number of carbonyl (C=O) groups is 2. The van der Waals surface area contributed by atoms with Crippen molar-refractivity contribution < 1.29 is 23.1 Å². The van der Waals surface area contributed by atoms with Crippen molar-refractivity contribution in [2.24, 2.45) is 0 Å². The predicted molar refractivity (Wildman–Crippen MR) is 95.5 cm³/mol. The first-order valence-electron chi connectivity index (χ1n) is 8.65. The minimum absolute atomic E-state index is 0.0798. The molecule has 142 valence electrons. The summed E-state index contributed by atoms with van der Waals surface area (Å²) in [7, 11) is 0. The highest BCUT2D eigenvalue weighted by Crippen LogP contribution is 2.15. The lowest BCUT2D eigenvalue weighted by molar-refractivity contribution is -0.134. The van der Waals surface area contributed by atoms with Gasteiger partial charge in [0, 0.05) is 32.2 Å². The van der Waals surface area contributed by atoms with E-state index in [1.807, 2.05) is 19.1 Å². The van der Waals surface area contributed by atoms with E-state index < -0.39 is 17.5 Å². The second-order valence-electron chi connectivity index (χ2n) is 6.40. The number of benzene rings is 2. The second-order valence-corrected chi connectivity index (χ2v) is 6.40. The monoisotopic (exact) mass is 374 g/mol. The first-order chi connectivity index (χ1) is 12.9. The summed E-state index contributed by atoms with van der Waals surface area (Å²) in [6.07, 6.45) is 0. The van der Waals surface area contributed by atoms with Gasteiger partial charge in [-0.25, -0.2) is 8.78 Å². The summed E-state index contributed by atoms with van der Waals surface area (Å²) in [6, 6.07) is 10.3. The van der Waals surface area contributed by atoms with Crippen LogP contribution < -0.4 is 4.74 Å². The minimum atomic E-state index is -0.884. The van der Waals surface area contributed by atoms with Crippen molar-refractivity contribution in [1.82, 2.24) is 9.80 Å². The molecule has 1 fully saturated rings. The Labute approximate surface area is 156 Å². The lowest BCUT2D eigenvalue weighted by Gasteiger charge is -2.34. The molecule has 0 N–H and O–H groups in total. The Balaban J connectivity index is 1.51. The highest BCUT2D eigenvalue weighted by atomic mass is 19.1. The Hall–Kier alpha value is -2.96. The molecule has 0 spiro atoms. The van der Waals surface area contributed by atoms with Crippen LogP contribution in [0, 0.1) is 18.6 Å². The van der Waals surface area contributed by atoms with Gasteiger partial charge in [-0.15, -0.1) is 0 Å². The van der Waals surface area contributed by atoms with E-state index in [0.717, 1.165) is 17.7 Å². The van der Waals surface area contributed by atoms with E-state index in [-0.39, 0.29) is 31.2 Å². The number of piperazine rings is 1. The molecule has 0 bridgehead atoms. The zero-order valence-electron chi connectivity index (χ0n) is 15.0. The molecule has 7 heteroatoms. The van der Waals surface area contributed by atoms with Crippen LogP contribution in [0.25, 0.3) is 0 Å². The number of aryl methyl sites for hydroxylation is 1. The fourth-order valence-electron chi connectivity index (χ4n) is 2.86. The topological polar surface area (TPSA) is 49.9 Å². The lowest BCUT2D eigenvalue weighted by Crippen LogP contribution is -2.51. The zero-order valence-corrected chi connectivity index (χ0v) is 15.0. The number of hydrogen-bond acceptors (Lipinski definition) is 3. The van der Waals surface area contributed by atoms with Crippen molar-refractivity contribution in [3.8, 4) is 5.75 Å². The van der Waals surface area contributed by atoms with Crippen LogP contribution in [0.5, 0.6) is 5.75 Å². The molecule has 1 aliphatic heterocycles. The fraction of sp³-hybridized carbons (Fsp3) is 0.300. The van der Waals surface area contributed by atoms with Gasteiger partial charge in [-0.05, 0) is 31.2 Å². The highest BCUT2D eigenvalue weighted by Gasteiger charge is 2.26. The van der Waals surface area contributed by atoms with Crippen LogP contribution in [0.4, 0.5) is 8.78 Å². The number of amides is 2. The van der Waals surface area contributed by atoms with Crippen LogP contribution in [-0.4, -0.2) is 54.4 Å². The number of rotatable bonds is 4. The van der Waals surface area contributed by atoms with Gasteiger partial charge in [0.2, 0.25) is 0 Å². The molecule has 0 radical (unpaired) electrons. The van der Waals surface area contributed by atoms with E-state index in [1.54, 1.807) is 17.0 Å². The maximum atomic E-state index is 13.8. The van der Waals surface area contributed by atoms with Crippen molar-refractivity contribution in [1.29, 1.82) is 0 Å². The van der Waals surface area contributed by atoms with E-state index in [0.29, 0.717) is 24.9 Å². The van der Waals surface area contributed by atoms with Gasteiger partial charge in [0.25, 0.3) is 11.8 Å². The summed E-state index contributed by atoms with van der Waals surface area (Å²) >= 11 is 0. The molecule has 1 aliphatic rings. The Morgan fingerprint density at radius 2 is 1.59 bits per heavy atom. The molecule has 5 nitrogen and oxygen atoms in total. The number of nitrogens with zero attached hydrogens (tertiary/aromatic N) is 2. The maximum Gasteiger partial charge on any atom is 0.260 e. The van der Waals surface area contributed by atoms with Crippen LogP contribution in [0.1, 0.15) is 15.9 Å². The van der Waals surface area contributed by atoms with Crippen LogP contribution in [0.2, 0.25) is 0 Å². The molecule has 1 saturated heterocycles. The molecule has 2 aromatic rings. The zero-order chi connectivity index (χ0) is 19.4. The molecule has 2 aromatic carbocycles. The number of halogens is 2. The summed E-state index contributed by atoms with van der Waals surface area (Å²) < 4.78 is 32.3. The summed E-state index contributed by atoms with van der Waals surface area (Å²) in [5, 5.41) is 0. The van der Waals surface area contributed by atoms with Gasteiger partial charge in [0.15, 0.2) is 6.61 Å². The van der Waals surface area contributed by atoms with Gasteiger partial charge in [-0.3, -0.25) is 9.59 Å². The summed E-state index contributed by atoms with van der Waals surface area (Å²) in [4.78, 5) is 27.7. The number of carbonyl (C=O) groups excluding carboxylic acids is 2. The van der Waals surface area contributed by atoms with Gasteiger partial charge >= 0.3 is 0 Å². The molecule has 2 amide bonds. The Morgan fingerprint density at radius 1 is 0.963 bits per heavy atom. The fourth-order valence-corrected chi connectivity index (χ4v) is 2.86. The minimum Gasteiger partial charge on any atom is -0.484 e. The maximum absolute atomic E-state index is 13.8. The average Bonchev–Trinajstić information content (AvgIpc) is 2.67. The Bertz CT molecular complexity index is 832. The van der Waals surface area contributed by atoms with Gasteiger partial charge in [0.05, 0.1) is 5.56 Å². The average molecular weight is 374 g/mol. The molecule has 1 heterocycles. The summed E-state index contributed by atoms with van der Waals surface area (Å²) in [5.74, 6) is -1.67. The quantitative estimate of drug-likeness (QED) is 0.827. The molecule has 27 heavy (non-hydrogen) atoms. The molecule has 0 atom stereocenters. The van der Waals surface area contributed by atoms with E-state index in [1.165, 1.54) is 4.90 Å². The van der Waals surface area contributed by atoms with E-state index in [9.17, 15) is 18.4 Å². The first-order valence-corrected chi connectivity index (χ1v) is 8.65. The number of ether oxygens (including phenoxy) is 1. The van der Waals surface area contributed by atoms with Crippen LogP contribution in [0.15, 0.2) is 42.5 Å². The van der Waals surface area contributed by atoms with Crippen molar-refractivity contribution in [2.75, 3.05) is 32.8 Å². The van der Waals surface area contributed by atoms with Gasteiger partial charge in [0.1, 0.15) is 17.4 Å². The largest absolute Gasteiger partial charge is 0.484 e. The predicted octanol–water partition coefficient (Wildman–Crippen LogP) is 2.64. The Morgan fingerprint density at radius 3 is 2.22 bits per heavy atom. The molecular weight excluding hydrogens is 354 g/mol. The third-order valence-electron chi connectivity index (χ3n) is 4.46. The number of hydrogen-bond donors (Lipinski definition) is 0. The van der Waals surface area contributed by atoms with Gasteiger partial charge < -0.3 is 14.5 Å². The van der Waals surface area contributed by atoms with Crippen molar-refractivity contribution in [2.45, 2.75) is 6.92 Å². The van der Waals surface area contributed by atoms with E-state index in [2.05, 4.69) is 0 Å². The normalized spacial score (nSPS) is 14.2. The highest BCUT2D eigenvalue weighted by molar-refractivity contribution is 5.94. The third kappa shape index (κ3) is 4.61. The van der Waals surface area contributed by atoms with Crippen molar-refractivity contribution in [3.63, 3.8) is 0 Å². The summed E-state index contributed by atoms with van der Waals surface area (Å²) in [5.41, 5.74) is 0.936. The van der Waals surface area contributed by atoms with Gasteiger partial charge in [-0.1, -0.05) is 17.7 Å².